The Kier molecular flexibility index (Phi) is 6.20. The van der Waals surface area contributed by atoms with Crippen molar-refractivity contribution in [1.29, 1.82) is 0 Å². The highest BCUT2D eigenvalue weighted by Crippen LogP contribution is 2.29. The van der Waals surface area contributed by atoms with Gasteiger partial charge in [0.05, 0.1) is 30.3 Å². The summed E-state index contributed by atoms with van der Waals surface area (Å²) in [6.07, 6.45) is 1.61. The maximum absolute atomic E-state index is 12.4. The Morgan fingerprint density at radius 2 is 2.14 bits per heavy atom. The van der Waals surface area contributed by atoms with Crippen molar-refractivity contribution in [3.05, 3.63) is 34.6 Å². The van der Waals surface area contributed by atoms with Gasteiger partial charge in [0.25, 0.3) is 0 Å². The Bertz CT molecular complexity index is 1010. The number of aryl methyl sites for hydroxylation is 2. The molecule has 0 aromatic carbocycles. The van der Waals surface area contributed by atoms with Gasteiger partial charge in [-0.3, -0.25) is 4.79 Å². The third-order valence-electron chi connectivity index (χ3n) is 3.98. The molecule has 3 rings (SSSR count). The van der Waals surface area contributed by atoms with Crippen LogP contribution in [0.4, 0.5) is 5.00 Å². The molecular weight excluding hydrogens is 400 g/mol. The monoisotopic (exact) mass is 420 g/mol. The number of carbonyl (C=O) groups excluding carboxylic acids is 2. The number of carbonyl (C=O) groups is 2. The van der Waals surface area contributed by atoms with Crippen LogP contribution in [0.1, 0.15) is 27.9 Å². The van der Waals surface area contributed by atoms with Crippen LogP contribution in [0, 0.1) is 13.8 Å². The van der Waals surface area contributed by atoms with Gasteiger partial charge in [-0.15, -0.1) is 21.5 Å². The fourth-order valence-corrected chi connectivity index (χ4v) is 4.38. The average Bonchev–Trinajstić information content (AvgIpc) is 3.37. The van der Waals surface area contributed by atoms with Crippen LogP contribution < -0.4 is 5.32 Å². The first kappa shape index (κ1) is 20.2. The molecule has 0 unspecified atom stereocenters. The summed E-state index contributed by atoms with van der Waals surface area (Å²) in [7, 11) is 1.31. The first-order valence-electron chi connectivity index (χ1n) is 8.53. The topological polar surface area (TPSA) is 99.2 Å². The second-order valence-electron chi connectivity index (χ2n) is 5.87. The maximum Gasteiger partial charge on any atom is 0.340 e. The van der Waals surface area contributed by atoms with Gasteiger partial charge >= 0.3 is 5.97 Å². The zero-order valence-electron chi connectivity index (χ0n) is 15.9. The molecule has 10 heteroatoms. The number of esters is 1. The van der Waals surface area contributed by atoms with Crippen molar-refractivity contribution in [1.82, 2.24) is 14.8 Å². The van der Waals surface area contributed by atoms with Gasteiger partial charge in [0.15, 0.2) is 11.0 Å². The molecular formula is C18H20N4O4S2. The standard InChI is InChI=1S/C18H20N4O4S2/c1-5-22-15(12-6-7-26-11(12)3)20-21-18(22)27-9-14(23)19-16-13(17(24)25-4)8-10(2)28-16/h6-8H,5,9H2,1-4H3,(H,19,23). The number of hydrogen-bond donors (Lipinski definition) is 1. The van der Waals surface area contributed by atoms with Crippen molar-refractivity contribution < 1.29 is 18.7 Å². The summed E-state index contributed by atoms with van der Waals surface area (Å²) >= 11 is 2.62. The SMILES string of the molecule is CCn1c(SCC(=O)Nc2sc(C)cc2C(=O)OC)nnc1-c1ccoc1C. The number of rotatable bonds is 7. The number of ether oxygens (including phenoxy) is 1. The third-order valence-corrected chi connectivity index (χ3v) is 5.91. The number of furan rings is 1. The molecule has 0 saturated carbocycles. The number of aromatic nitrogens is 3. The van der Waals surface area contributed by atoms with Crippen LogP contribution in [-0.2, 0) is 16.1 Å². The van der Waals surface area contributed by atoms with Gasteiger partial charge in [-0.25, -0.2) is 4.79 Å². The molecule has 0 radical (unpaired) electrons. The highest BCUT2D eigenvalue weighted by molar-refractivity contribution is 7.99. The summed E-state index contributed by atoms with van der Waals surface area (Å²) in [6.45, 7) is 6.38. The number of thiophene rings is 1. The van der Waals surface area contributed by atoms with Crippen LogP contribution >= 0.6 is 23.1 Å². The molecule has 0 saturated heterocycles. The normalized spacial score (nSPS) is 10.9. The molecule has 0 atom stereocenters. The van der Waals surface area contributed by atoms with Crippen molar-refractivity contribution in [2.75, 3.05) is 18.2 Å². The Labute approximate surface area is 170 Å². The number of nitrogens with one attached hydrogen (secondary N) is 1. The van der Waals surface area contributed by atoms with E-state index < -0.39 is 5.97 Å². The van der Waals surface area contributed by atoms with Gasteiger partial charge in [-0.1, -0.05) is 11.8 Å². The molecule has 0 aliphatic carbocycles. The lowest BCUT2D eigenvalue weighted by Crippen LogP contribution is -2.16. The summed E-state index contributed by atoms with van der Waals surface area (Å²) in [6, 6.07) is 3.55. The Balaban J connectivity index is 1.70. The van der Waals surface area contributed by atoms with Gasteiger partial charge in [-0.05, 0) is 32.9 Å². The molecule has 0 bridgehead atoms. The van der Waals surface area contributed by atoms with Gasteiger partial charge in [0, 0.05) is 11.4 Å². The number of nitrogens with zero attached hydrogens (tertiary/aromatic N) is 3. The van der Waals surface area contributed by atoms with Gasteiger partial charge in [-0.2, -0.15) is 0 Å². The predicted molar refractivity (Wildman–Crippen MR) is 108 cm³/mol. The minimum Gasteiger partial charge on any atom is -0.469 e. The Morgan fingerprint density at radius 1 is 1.36 bits per heavy atom. The fourth-order valence-electron chi connectivity index (χ4n) is 2.66. The lowest BCUT2D eigenvalue weighted by molar-refractivity contribution is -0.113. The molecule has 1 N–H and O–H groups in total. The van der Waals surface area contributed by atoms with E-state index in [0.717, 1.165) is 16.2 Å². The zero-order valence-corrected chi connectivity index (χ0v) is 17.6. The smallest absolute Gasteiger partial charge is 0.340 e. The van der Waals surface area contributed by atoms with Crippen LogP contribution in [0.15, 0.2) is 28.0 Å². The van der Waals surface area contributed by atoms with E-state index in [4.69, 9.17) is 9.15 Å². The highest BCUT2D eigenvalue weighted by Gasteiger charge is 2.20. The lowest BCUT2D eigenvalue weighted by atomic mass is 10.2. The molecule has 1 amide bonds. The summed E-state index contributed by atoms with van der Waals surface area (Å²) in [5, 5.41) is 12.4. The van der Waals surface area contributed by atoms with Gasteiger partial charge in [0.2, 0.25) is 5.91 Å². The molecule has 0 aliphatic heterocycles. The second-order valence-corrected chi connectivity index (χ2v) is 8.07. The predicted octanol–water partition coefficient (Wildman–Crippen LogP) is 3.75. The van der Waals surface area contributed by atoms with Crippen molar-refractivity contribution in [3.8, 4) is 11.4 Å². The van der Waals surface area contributed by atoms with E-state index in [-0.39, 0.29) is 11.7 Å². The Morgan fingerprint density at radius 3 is 2.79 bits per heavy atom. The average molecular weight is 421 g/mol. The summed E-state index contributed by atoms with van der Waals surface area (Å²) in [5.41, 5.74) is 1.24. The summed E-state index contributed by atoms with van der Waals surface area (Å²) in [4.78, 5) is 25.1. The largest absolute Gasteiger partial charge is 0.469 e. The van der Waals surface area contributed by atoms with E-state index in [1.54, 1.807) is 12.3 Å². The van der Waals surface area contributed by atoms with Gasteiger partial charge < -0.3 is 19.0 Å². The minimum absolute atomic E-state index is 0.139. The number of hydrogen-bond acceptors (Lipinski definition) is 8. The van der Waals surface area contributed by atoms with E-state index in [1.165, 1.54) is 30.2 Å². The second kappa shape index (κ2) is 8.61. The fraction of sp³-hybridized carbons (Fsp3) is 0.333. The van der Waals surface area contributed by atoms with Crippen molar-refractivity contribution >= 4 is 40.0 Å². The molecule has 148 valence electrons. The number of methoxy groups -OCH3 is 1. The molecule has 0 fully saturated rings. The van der Waals surface area contributed by atoms with Crippen LogP contribution in [0.5, 0.6) is 0 Å². The summed E-state index contributed by atoms with van der Waals surface area (Å²) in [5.74, 6) is 0.903. The van der Waals surface area contributed by atoms with E-state index in [2.05, 4.69) is 15.5 Å². The molecule has 8 nitrogen and oxygen atoms in total. The molecule has 3 aromatic heterocycles. The number of amides is 1. The number of thioether (sulfide) groups is 1. The van der Waals surface area contributed by atoms with Crippen LogP contribution in [0.2, 0.25) is 0 Å². The molecule has 0 aliphatic rings. The lowest BCUT2D eigenvalue weighted by Gasteiger charge is -2.07. The van der Waals surface area contributed by atoms with Crippen molar-refractivity contribution in [2.45, 2.75) is 32.5 Å². The maximum atomic E-state index is 12.4. The molecule has 28 heavy (non-hydrogen) atoms. The quantitative estimate of drug-likeness (QED) is 0.459. The van der Waals surface area contributed by atoms with E-state index >= 15 is 0 Å². The first-order chi connectivity index (χ1) is 13.4. The van der Waals surface area contributed by atoms with E-state index in [1.807, 2.05) is 31.4 Å². The Hall–Kier alpha value is -2.59. The van der Waals surface area contributed by atoms with Crippen molar-refractivity contribution in [2.24, 2.45) is 0 Å². The van der Waals surface area contributed by atoms with E-state index in [0.29, 0.717) is 28.1 Å². The van der Waals surface area contributed by atoms with Crippen molar-refractivity contribution in [3.63, 3.8) is 0 Å². The molecule has 3 heterocycles. The molecule has 0 spiro atoms. The van der Waals surface area contributed by atoms with Crippen LogP contribution in [0.3, 0.4) is 0 Å². The first-order valence-corrected chi connectivity index (χ1v) is 10.3. The van der Waals surface area contributed by atoms with Crippen LogP contribution in [0.25, 0.3) is 11.4 Å². The molecule has 3 aromatic rings. The zero-order chi connectivity index (χ0) is 20.3. The highest BCUT2D eigenvalue weighted by atomic mass is 32.2. The minimum atomic E-state index is -0.474. The van der Waals surface area contributed by atoms with Gasteiger partial charge in [0.1, 0.15) is 10.8 Å². The summed E-state index contributed by atoms with van der Waals surface area (Å²) < 4.78 is 12.0. The number of anilines is 1. The van der Waals surface area contributed by atoms with Crippen LogP contribution in [-0.4, -0.2) is 39.5 Å². The third kappa shape index (κ3) is 4.12. The van der Waals surface area contributed by atoms with E-state index in [9.17, 15) is 9.59 Å².